The fourth-order valence-electron chi connectivity index (χ4n) is 5.71. The molecule has 3 aromatic carbocycles. The van der Waals surface area contributed by atoms with Gasteiger partial charge in [0.25, 0.3) is 0 Å². The van der Waals surface area contributed by atoms with Crippen molar-refractivity contribution in [3.8, 4) is 0 Å². The van der Waals surface area contributed by atoms with E-state index in [1.165, 1.54) is 12.8 Å². The van der Waals surface area contributed by atoms with E-state index < -0.39 is 0 Å². The molecule has 2 fully saturated rings. The molecular weight excluding hydrogens is 628 g/mol. The molecule has 0 aliphatic carbocycles. The number of rotatable bonds is 12. The molecule has 0 bridgehead atoms. The Bertz CT molecular complexity index is 1730. The Morgan fingerprint density at radius 2 is 0.820 bits per heavy atom. The van der Waals surface area contributed by atoms with Crippen LogP contribution in [0.2, 0.25) is 0 Å². The number of anilines is 8. The van der Waals surface area contributed by atoms with Crippen LogP contribution in [0.4, 0.5) is 47.1 Å². The average molecular weight is 669 g/mol. The first-order valence-electron chi connectivity index (χ1n) is 17.1. The first-order valence-corrected chi connectivity index (χ1v) is 17.1. The van der Waals surface area contributed by atoms with Crippen LogP contribution in [0.3, 0.4) is 0 Å². The summed E-state index contributed by atoms with van der Waals surface area (Å²) in [6, 6.07) is 27.5. The van der Waals surface area contributed by atoms with Crippen molar-refractivity contribution in [2.24, 2.45) is 10.2 Å². The van der Waals surface area contributed by atoms with Gasteiger partial charge in [-0.2, -0.15) is 40.1 Å². The molecule has 0 atom stereocenters. The summed E-state index contributed by atoms with van der Waals surface area (Å²) in [5.41, 5.74) is 9.58. The highest BCUT2D eigenvalue weighted by molar-refractivity contribution is 5.84. The van der Waals surface area contributed by atoms with E-state index in [-0.39, 0.29) is 0 Å². The monoisotopic (exact) mass is 668 g/mol. The molecule has 254 valence electrons. The normalized spacial score (nSPS) is 15.0. The highest BCUT2D eigenvalue weighted by Gasteiger charge is 2.18. The summed E-state index contributed by atoms with van der Waals surface area (Å²) in [5, 5.41) is 15.4. The van der Waals surface area contributed by atoms with Gasteiger partial charge >= 0.3 is 0 Å². The molecule has 50 heavy (non-hydrogen) atoms. The van der Waals surface area contributed by atoms with Gasteiger partial charge in [0.1, 0.15) is 0 Å². The first-order chi connectivity index (χ1) is 24.7. The smallest absolute Gasteiger partial charge is 0.250 e. The topological polar surface area (TPSA) is 157 Å². The van der Waals surface area contributed by atoms with Gasteiger partial charge in [0.05, 0.1) is 12.4 Å². The molecule has 2 aliphatic heterocycles. The van der Waals surface area contributed by atoms with E-state index in [9.17, 15) is 0 Å². The van der Waals surface area contributed by atoms with Crippen molar-refractivity contribution in [2.75, 3.05) is 57.5 Å². The van der Waals surface area contributed by atoms with E-state index in [2.05, 4.69) is 71.4 Å². The van der Waals surface area contributed by atoms with E-state index in [0.717, 1.165) is 74.4 Å². The number of hydrazone groups is 2. The predicted octanol–water partition coefficient (Wildman–Crippen LogP) is 6.42. The van der Waals surface area contributed by atoms with Crippen LogP contribution in [0.5, 0.6) is 0 Å². The second-order valence-electron chi connectivity index (χ2n) is 12.0. The molecule has 14 nitrogen and oxygen atoms in total. The molecule has 4 heterocycles. The van der Waals surface area contributed by atoms with Gasteiger partial charge in [-0.15, -0.1) is 0 Å². The third kappa shape index (κ3) is 9.04. The maximum Gasteiger partial charge on any atom is 0.250 e. The number of nitrogens with one attached hydrogen (secondary N) is 4. The van der Waals surface area contributed by atoms with E-state index in [1.807, 2.05) is 84.9 Å². The minimum Gasteiger partial charge on any atom is -0.341 e. The molecule has 14 heteroatoms. The van der Waals surface area contributed by atoms with Gasteiger partial charge in [-0.25, -0.2) is 10.9 Å². The highest BCUT2D eigenvalue weighted by Crippen LogP contribution is 2.22. The van der Waals surface area contributed by atoms with Crippen LogP contribution in [0.25, 0.3) is 0 Å². The molecule has 2 aliphatic rings. The zero-order valence-corrected chi connectivity index (χ0v) is 27.8. The summed E-state index contributed by atoms with van der Waals surface area (Å²) in [5.74, 6) is 2.94. The number of hydrogen-bond acceptors (Lipinski definition) is 14. The van der Waals surface area contributed by atoms with Crippen LogP contribution in [0.15, 0.2) is 95.1 Å². The van der Waals surface area contributed by atoms with Gasteiger partial charge in [0.15, 0.2) is 0 Å². The van der Waals surface area contributed by atoms with Gasteiger partial charge in [-0.1, -0.05) is 60.7 Å². The molecule has 0 radical (unpaired) electrons. The van der Waals surface area contributed by atoms with Crippen molar-refractivity contribution in [3.05, 3.63) is 96.1 Å². The van der Waals surface area contributed by atoms with E-state index in [4.69, 9.17) is 0 Å². The summed E-state index contributed by atoms with van der Waals surface area (Å²) in [7, 11) is 0. The van der Waals surface area contributed by atoms with Crippen molar-refractivity contribution >= 4 is 59.5 Å². The van der Waals surface area contributed by atoms with Gasteiger partial charge in [-0.05, 0) is 73.9 Å². The standard InChI is InChI=1S/C36H40N14/c1-5-13-29(14-6-1)39-31-41-33(45-35(43-31)49-21-9-3-10-22-49)47-37-25-27-17-19-28(20-18-27)26-38-48-34-42-32(40-30-15-7-2-8-16-30)44-36(46-34)50-23-11-4-12-24-50/h1-2,5-8,13-20,25-26H,3-4,9-12,21-24H2,(H2,39,41,43,45,47)(H2,40,42,44,46,48). The Balaban J connectivity index is 0.995. The second-order valence-corrected chi connectivity index (χ2v) is 12.0. The Kier molecular flexibility index (Phi) is 10.5. The van der Waals surface area contributed by atoms with Gasteiger partial charge in [0, 0.05) is 37.6 Å². The Hall–Kier alpha value is -6.18. The van der Waals surface area contributed by atoms with Crippen molar-refractivity contribution in [1.82, 2.24) is 29.9 Å². The molecule has 7 rings (SSSR count). The maximum atomic E-state index is 4.69. The number of benzene rings is 3. The summed E-state index contributed by atoms with van der Waals surface area (Å²) in [4.78, 5) is 32.2. The van der Waals surface area contributed by atoms with Gasteiger partial charge < -0.3 is 20.4 Å². The van der Waals surface area contributed by atoms with Crippen LogP contribution in [0.1, 0.15) is 49.7 Å². The highest BCUT2D eigenvalue weighted by atomic mass is 15.4. The lowest BCUT2D eigenvalue weighted by atomic mass is 10.1. The van der Waals surface area contributed by atoms with Crippen molar-refractivity contribution in [1.29, 1.82) is 0 Å². The number of hydrogen-bond donors (Lipinski definition) is 4. The Morgan fingerprint density at radius 1 is 0.440 bits per heavy atom. The second kappa shape index (κ2) is 16.3. The minimum absolute atomic E-state index is 0.369. The van der Waals surface area contributed by atoms with Crippen LogP contribution in [-0.2, 0) is 0 Å². The molecule has 0 unspecified atom stereocenters. The SMILES string of the molecule is C(=NNc1nc(Nc2ccccc2)nc(N2CCCCC2)n1)c1ccc(C=NNc2nc(Nc3ccccc3)nc(N3CCCCC3)n2)cc1. The molecule has 2 saturated heterocycles. The van der Waals surface area contributed by atoms with Crippen molar-refractivity contribution in [3.63, 3.8) is 0 Å². The van der Waals surface area contributed by atoms with Crippen LogP contribution >= 0.6 is 0 Å². The zero-order chi connectivity index (χ0) is 33.8. The van der Waals surface area contributed by atoms with Crippen LogP contribution < -0.4 is 31.3 Å². The lowest BCUT2D eigenvalue weighted by Gasteiger charge is -2.26. The number of para-hydroxylation sites is 2. The molecule has 2 aromatic heterocycles. The number of piperidine rings is 2. The summed E-state index contributed by atoms with van der Waals surface area (Å²) in [6.07, 6.45) is 10.4. The van der Waals surface area contributed by atoms with Gasteiger partial charge in [-0.3, -0.25) is 0 Å². The largest absolute Gasteiger partial charge is 0.341 e. The predicted molar refractivity (Wildman–Crippen MR) is 200 cm³/mol. The number of aromatic nitrogens is 6. The van der Waals surface area contributed by atoms with Crippen LogP contribution in [0, 0.1) is 0 Å². The Morgan fingerprint density at radius 3 is 1.22 bits per heavy atom. The van der Waals surface area contributed by atoms with E-state index in [1.54, 1.807) is 12.4 Å². The molecule has 0 amide bonds. The summed E-state index contributed by atoms with van der Waals surface area (Å²) >= 11 is 0. The lowest BCUT2D eigenvalue weighted by Crippen LogP contribution is -2.31. The van der Waals surface area contributed by atoms with Crippen molar-refractivity contribution < 1.29 is 0 Å². The quantitative estimate of drug-likeness (QED) is 0.0856. The molecule has 4 N–H and O–H groups in total. The fourth-order valence-corrected chi connectivity index (χ4v) is 5.71. The van der Waals surface area contributed by atoms with E-state index in [0.29, 0.717) is 35.7 Å². The summed E-state index contributed by atoms with van der Waals surface area (Å²) in [6.45, 7) is 3.68. The third-order valence-electron chi connectivity index (χ3n) is 8.28. The fraction of sp³-hybridized carbons (Fsp3) is 0.278. The average Bonchev–Trinajstić information content (AvgIpc) is 3.17. The first kappa shape index (κ1) is 32.4. The molecule has 0 spiro atoms. The molecule has 5 aromatic rings. The van der Waals surface area contributed by atoms with Crippen molar-refractivity contribution in [2.45, 2.75) is 38.5 Å². The van der Waals surface area contributed by atoms with E-state index >= 15 is 0 Å². The van der Waals surface area contributed by atoms with Crippen LogP contribution in [-0.4, -0.2) is 68.5 Å². The third-order valence-corrected chi connectivity index (χ3v) is 8.28. The molecule has 0 saturated carbocycles. The summed E-state index contributed by atoms with van der Waals surface area (Å²) < 4.78 is 0. The maximum absolute atomic E-state index is 4.69. The number of nitrogens with zero attached hydrogens (tertiary/aromatic N) is 10. The lowest BCUT2D eigenvalue weighted by molar-refractivity contribution is 0.568. The zero-order valence-electron chi connectivity index (χ0n) is 27.8. The Labute approximate surface area is 291 Å². The minimum atomic E-state index is 0.369. The molecular formula is C36H40N14. The van der Waals surface area contributed by atoms with Gasteiger partial charge in [0.2, 0.25) is 35.7 Å².